The minimum absolute atomic E-state index is 0.167. The van der Waals surface area contributed by atoms with Gasteiger partial charge in [0.2, 0.25) is 5.95 Å². The summed E-state index contributed by atoms with van der Waals surface area (Å²) in [6.45, 7) is 5.18. The Balaban J connectivity index is 2.26. The number of benzene rings is 1. The van der Waals surface area contributed by atoms with Gasteiger partial charge >= 0.3 is 0 Å². The van der Waals surface area contributed by atoms with Crippen LogP contribution >= 0.6 is 11.6 Å². The Kier molecular flexibility index (Phi) is 4.26. The number of imidazole rings is 1. The maximum absolute atomic E-state index is 6.24. The predicted octanol–water partition coefficient (Wildman–Crippen LogP) is 3.97. The summed E-state index contributed by atoms with van der Waals surface area (Å²) in [6.07, 6.45) is 4.87. The molecule has 1 heterocycles. The van der Waals surface area contributed by atoms with Gasteiger partial charge in [-0.05, 0) is 25.0 Å². The molecule has 2 rings (SSSR count). The smallest absolute Gasteiger partial charge is 0.203 e. The molecule has 0 fully saturated rings. The summed E-state index contributed by atoms with van der Waals surface area (Å²) < 4.78 is 2.11. The third kappa shape index (κ3) is 2.67. The average Bonchev–Trinajstić information content (AvgIpc) is 2.84. The van der Waals surface area contributed by atoms with Crippen molar-refractivity contribution in [2.45, 2.75) is 26.3 Å². The van der Waals surface area contributed by atoms with E-state index in [4.69, 9.17) is 11.6 Å². The van der Waals surface area contributed by atoms with Gasteiger partial charge in [-0.1, -0.05) is 36.7 Å². The van der Waals surface area contributed by atoms with E-state index in [0.29, 0.717) is 0 Å². The summed E-state index contributed by atoms with van der Waals surface area (Å²) in [5.74, 6) is 0.893. The van der Waals surface area contributed by atoms with Crippen LogP contribution in [0.2, 0.25) is 5.02 Å². The maximum Gasteiger partial charge on any atom is 0.203 e. The standard InChI is InChI=1S/C14H18ClN3/c1-3-8-16-14-17-9-10-18(14)11(2)12-6-4-5-7-13(12)15/h4-7,9-11H,3,8H2,1-2H3,(H,16,17). The molecule has 0 amide bonds. The van der Waals surface area contributed by atoms with Gasteiger partial charge in [-0.25, -0.2) is 4.98 Å². The lowest BCUT2D eigenvalue weighted by molar-refractivity contribution is 0.643. The summed E-state index contributed by atoms with van der Waals surface area (Å²) in [4.78, 5) is 4.34. The number of hydrogen-bond donors (Lipinski definition) is 1. The number of anilines is 1. The molecule has 1 aromatic carbocycles. The molecule has 0 saturated carbocycles. The van der Waals surface area contributed by atoms with Crippen molar-refractivity contribution in [3.05, 3.63) is 47.2 Å². The van der Waals surface area contributed by atoms with E-state index >= 15 is 0 Å². The van der Waals surface area contributed by atoms with Gasteiger partial charge in [0.15, 0.2) is 0 Å². The van der Waals surface area contributed by atoms with E-state index in [0.717, 1.165) is 29.5 Å². The number of aromatic nitrogens is 2. The number of rotatable bonds is 5. The van der Waals surface area contributed by atoms with Crippen molar-refractivity contribution in [3.63, 3.8) is 0 Å². The largest absolute Gasteiger partial charge is 0.356 e. The highest BCUT2D eigenvalue weighted by Crippen LogP contribution is 2.27. The maximum atomic E-state index is 6.24. The molecule has 0 aliphatic rings. The van der Waals surface area contributed by atoms with Crippen molar-refractivity contribution >= 4 is 17.5 Å². The second-order valence-electron chi connectivity index (χ2n) is 4.28. The molecule has 1 atom stereocenters. The summed E-state index contributed by atoms with van der Waals surface area (Å²) in [7, 11) is 0. The molecule has 1 N–H and O–H groups in total. The van der Waals surface area contributed by atoms with Gasteiger partial charge in [0, 0.05) is 24.0 Å². The molecule has 0 aliphatic carbocycles. The zero-order chi connectivity index (χ0) is 13.0. The second kappa shape index (κ2) is 5.91. The summed E-state index contributed by atoms with van der Waals surface area (Å²) in [5.41, 5.74) is 1.11. The van der Waals surface area contributed by atoms with Crippen LogP contribution in [0, 0.1) is 0 Å². The number of nitrogens with zero attached hydrogens (tertiary/aromatic N) is 2. The van der Waals surface area contributed by atoms with Crippen LogP contribution in [-0.2, 0) is 0 Å². The van der Waals surface area contributed by atoms with E-state index in [1.54, 1.807) is 0 Å². The van der Waals surface area contributed by atoms with E-state index < -0.39 is 0 Å². The van der Waals surface area contributed by atoms with Crippen molar-refractivity contribution in [2.24, 2.45) is 0 Å². The fraction of sp³-hybridized carbons (Fsp3) is 0.357. The predicted molar refractivity (Wildman–Crippen MR) is 76.3 cm³/mol. The Labute approximate surface area is 113 Å². The van der Waals surface area contributed by atoms with Gasteiger partial charge in [0.05, 0.1) is 6.04 Å². The molecule has 96 valence electrons. The highest BCUT2D eigenvalue weighted by Gasteiger charge is 2.13. The van der Waals surface area contributed by atoms with Gasteiger partial charge < -0.3 is 9.88 Å². The van der Waals surface area contributed by atoms with Gasteiger partial charge in [-0.2, -0.15) is 0 Å². The molecule has 1 aromatic heterocycles. The minimum Gasteiger partial charge on any atom is -0.356 e. The quantitative estimate of drug-likeness (QED) is 0.885. The van der Waals surface area contributed by atoms with Crippen LogP contribution in [0.25, 0.3) is 0 Å². The first kappa shape index (κ1) is 13.0. The molecule has 1 unspecified atom stereocenters. The molecule has 0 radical (unpaired) electrons. The van der Waals surface area contributed by atoms with E-state index in [2.05, 4.69) is 34.8 Å². The van der Waals surface area contributed by atoms with Crippen LogP contribution in [0.3, 0.4) is 0 Å². The van der Waals surface area contributed by atoms with Gasteiger partial charge in [-0.3, -0.25) is 0 Å². The van der Waals surface area contributed by atoms with Crippen molar-refractivity contribution in [3.8, 4) is 0 Å². The number of nitrogens with one attached hydrogen (secondary N) is 1. The van der Waals surface area contributed by atoms with Crippen LogP contribution in [0.4, 0.5) is 5.95 Å². The summed E-state index contributed by atoms with van der Waals surface area (Å²) in [6, 6.07) is 8.09. The Morgan fingerprint density at radius 1 is 1.39 bits per heavy atom. The van der Waals surface area contributed by atoms with E-state index in [1.165, 1.54) is 0 Å². The molecule has 0 spiro atoms. The molecule has 2 aromatic rings. The fourth-order valence-electron chi connectivity index (χ4n) is 1.96. The van der Waals surface area contributed by atoms with E-state index in [9.17, 15) is 0 Å². The number of hydrogen-bond acceptors (Lipinski definition) is 2. The third-order valence-corrected chi connectivity index (χ3v) is 3.32. The highest BCUT2D eigenvalue weighted by molar-refractivity contribution is 6.31. The normalized spacial score (nSPS) is 12.4. The highest BCUT2D eigenvalue weighted by atomic mass is 35.5. The molecular weight excluding hydrogens is 246 g/mol. The van der Waals surface area contributed by atoms with Crippen LogP contribution in [0.15, 0.2) is 36.7 Å². The Hall–Kier alpha value is -1.48. The first-order valence-electron chi connectivity index (χ1n) is 6.25. The van der Waals surface area contributed by atoms with Crippen LogP contribution in [0.1, 0.15) is 31.9 Å². The summed E-state index contributed by atoms with van der Waals surface area (Å²) in [5, 5.41) is 4.11. The van der Waals surface area contributed by atoms with E-state index in [-0.39, 0.29) is 6.04 Å². The fourth-order valence-corrected chi connectivity index (χ4v) is 2.26. The molecule has 0 saturated heterocycles. The van der Waals surface area contributed by atoms with Crippen molar-refractivity contribution < 1.29 is 0 Å². The lowest BCUT2D eigenvalue weighted by atomic mass is 10.1. The lowest BCUT2D eigenvalue weighted by Crippen LogP contribution is -2.12. The SMILES string of the molecule is CCCNc1nccn1C(C)c1ccccc1Cl. The first-order chi connectivity index (χ1) is 8.74. The van der Waals surface area contributed by atoms with Crippen LogP contribution < -0.4 is 5.32 Å². The van der Waals surface area contributed by atoms with Crippen molar-refractivity contribution in [1.82, 2.24) is 9.55 Å². The first-order valence-corrected chi connectivity index (χ1v) is 6.63. The Morgan fingerprint density at radius 2 is 2.17 bits per heavy atom. The molecular formula is C14H18ClN3. The van der Waals surface area contributed by atoms with Crippen molar-refractivity contribution in [1.29, 1.82) is 0 Å². The lowest BCUT2D eigenvalue weighted by Gasteiger charge is -2.18. The van der Waals surface area contributed by atoms with Crippen LogP contribution in [0.5, 0.6) is 0 Å². The molecule has 0 bridgehead atoms. The third-order valence-electron chi connectivity index (χ3n) is 2.97. The second-order valence-corrected chi connectivity index (χ2v) is 4.69. The van der Waals surface area contributed by atoms with Crippen LogP contribution in [-0.4, -0.2) is 16.1 Å². The molecule has 18 heavy (non-hydrogen) atoms. The number of halogens is 1. The zero-order valence-corrected chi connectivity index (χ0v) is 11.5. The summed E-state index contributed by atoms with van der Waals surface area (Å²) >= 11 is 6.24. The van der Waals surface area contributed by atoms with Crippen molar-refractivity contribution in [2.75, 3.05) is 11.9 Å². The van der Waals surface area contributed by atoms with Gasteiger partial charge in [-0.15, -0.1) is 0 Å². The minimum atomic E-state index is 0.167. The Bertz CT molecular complexity index is 507. The molecule has 0 aliphatic heterocycles. The average molecular weight is 264 g/mol. The molecule has 3 nitrogen and oxygen atoms in total. The van der Waals surface area contributed by atoms with E-state index in [1.807, 2.05) is 30.6 Å². The Morgan fingerprint density at radius 3 is 2.89 bits per heavy atom. The molecule has 4 heteroatoms. The van der Waals surface area contributed by atoms with Gasteiger partial charge in [0.1, 0.15) is 0 Å². The van der Waals surface area contributed by atoms with Gasteiger partial charge in [0.25, 0.3) is 0 Å². The topological polar surface area (TPSA) is 29.9 Å². The monoisotopic (exact) mass is 263 g/mol. The zero-order valence-electron chi connectivity index (χ0n) is 10.7.